The molecule has 0 heterocycles. The van der Waals surface area contributed by atoms with Gasteiger partial charge in [0.25, 0.3) is 0 Å². The summed E-state index contributed by atoms with van der Waals surface area (Å²) in [7, 11) is 0. The molecule has 0 saturated carbocycles. The van der Waals surface area contributed by atoms with E-state index in [1.54, 1.807) is 0 Å². The number of allylic oxidation sites excluding steroid dienone is 4. The lowest BCUT2D eigenvalue weighted by atomic mass is 10.0. The average Bonchev–Trinajstić information content (AvgIpc) is 2.85. The quantitative estimate of drug-likeness (QED) is 0.245. The third-order valence-corrected chi connectivity index (χ3v) is 5.92. The molecule has 0 spiro atoms. The van der Waals surface area contributed by atoms with Crippen molar-refractivity contribution in [2.75, 3.05) is 0 Å². The minimum atomic E-state index is 0.990. The van der Waals surface area contributed by atoms with Gasteiger partial charge in [0.15, 0.2) is 0 Å². The molecular formula is C32H36. The van der Waals surface area contributed by atoms with Crippen LogP contribution in [0.25, 0.3) is 0 Å². The van der Waals surface area contributed by atoms with Gasteiger partial charge in [-0.25, -0.2) is 0 Å². The van der Waals surface area contributed by atoms with E-state index < -0.39 is 0 Å². The number of aryl methyl sites for hydroxylation is 4. The topological polar surface area (TPSA) is 0 Å². The van der Waals surface area contributed by atoms with Gasteiger partial charge in [-0.05, 0) is 84.7 Å². The molecule has 164 valence electrons. The Morgan fingerprint density at radius 1 is 0.406 bits per heavy atom. The molecule has 3 aromatic carbocycles. The van der Waals surface area contributed by atoms with Gasteiger partial charge in [-0.2, -0.15) is 0 Å². The van der Waals surface area contributed by atoms with Crippen molar-refractivity contribution in [2.45, 2.75) is 51.4 Å². The standard InChI is InChI=1S/C32H36/c1-3-5-9-27-13-15-29(16-14-27)11-7-8-12-30-19-23-32(24-20-30)26-25-31-21-17-28(18-22-31)10-6-4-2/h3-4,7-8,13-24H,1-2,5-6,9-12,25-26H2/b8-7+. The summed E-state index contributed by atoms with van der Waals surface area (Å²) >= 11 is 0. The molecule has 0 fully saturated rings. The third-order valence-electron chi connectivity index (χ3n) is 5.92. The van der Waals surface area contributed by atoms with Crippen LogP contribution >= 0.6 is 0 Å². The zero-order valence-corrected chi connectivity index (χ0v) is 19.3. The fourth-order valence-electron chi connectivity index (χ4n) is 3.82. The second-order valence-corrected chi connectivity index (χ2v) is 8.48. The lowest BCUT2D eigenvalue weighted by molar-refractivity contribution is 0.949. The maximum Gasteiger partial charge on any atom is -0.00973 e. The van der Waals surface area contributed by atoms with Gasteiger partial charge in [0.2, 0.25) is 0 Å². The van der Waals surface area contributed by atoms with Crippen molar-refractivity contribution < 1.29 is 0 Å². The van der Waals surface area contributed by atoms with Gasteiger partial charge in [-0.1, -0.05) is 97.1 Å². The summed E-state index contributed by atoms with van der Waals surface area (Å²) in [5, 5.41) is 0. The van der Waals surface area contributed by atoms with Gasteiger partial charge >= 0.3 is 0 Å². The van der Waals surface area contributed by atoms with Gasteiger partial charge in [0.1, 0.15) is 0 Å². The van der Waals surface area contributed by atoms with Crippen LogP contribution in [0.3, 0.4) is 0 Å². The maximum atomic E-state index is 3.80. The Kier molecular flexibility index (Phi) is 9.80. The molecule has 0 saturated heterocycles. The molecule has 0 nitrogen and oxygen atoms in total. The first-order valence-corrected chi connectivity index (χ1v) is 11.9. The van der Waals surface area contributed by atoms with Gasteiger partial charge in [-0.15, -0.1) is 13.2 Å². The van der Waals surface area contributed by atoms with Crippen molar-refractivity contribution in [3.05, 3.63) is 144 Å². The van der Waals surface area contributed by atoms with Crippen LogP contribution < -0.4 is 0 Å². The van der Waals surface area contributed by atoms with Crippen LogP contribution in [0.1, 0.15) is 46.2 Å². The van der Waals surface area contributed by atoms with E-state index in [9.17, 15) is 0 Å². The molecule has 0 aliphatic heterocycles. The number of hydrogen-bond donors (Lipinski definition) is 0. The highest BCUT2D eigenvalue weighted by Gasteiger charge is 1.99. The van der Waals surface area contributed by atoms with Crippen molar-refractivity contribution >= 4 is 0 Å². The molecule has 0 heteroatoms. The van der Waals surface area contributed by atoms with Gasteiger partial charge in [0, 0.05) is 0 Å². The smallest absolute Gasteiger partial charge is 0.00973 e. The Morgan fingerprint density at radius 2 is 0.688 bits per heavy atom. The van der Waals surface area contributed by atoms with Crippen LogP contribution in [0.2, 0.25) is 0 Å². The van der Waals surface area contributed by atoms with Crippen LogP contribution in [0.4, 0.5) is 0 Å². The monoisotopic (exact) mass is 420 g/mol. The van der Waals surface area contributed by atoms with Gasteiger partial charge < -0.3 is 0 Å². The van der Waals surface area contributed by atoms with E-state index in [1.807, 2.05) is 12.2 Å². The molecule has 3 aromatic rings. The molecule has 0 radical (unpaired) electrons. The van der Waals surface area contributed by atoms with E-state index in [0.717, 1.165) is 51.4 Å². The molecule has 3 rings (SSSR count). The molecule has 0 aliphatic carbocycles. The van der Waals surface area contributed by atoms with Crippen LogP contribution in [0.15, 0.2) is 110 Å². The Balaban J connectivity index is 1.40. The molecule has 0 aromatic heterocycles. The molecule has 0 aliphatic rings. The van der Waals surface area contributed by atoms with Crippen molar-refractivity contribution in [1.29, 1.82) is 0 Å². The Hall–Kier alpha value is -3.12. The van der Waals surface area contributed by atoms with Crippen LogP contribution in [0.5, 0.6) is 0 Å². The third kappa shape index (κ3) is 8.19. The van der Waals surface area contributed by atoms with Crippen LogP contribution in [-0.4, -0.2) is 0 Å². The van der Waals surface area contributed by atoms with E-state index in [1.165, 1.54) is 33.4 Å². The van der Waals surface area contributed by atoms with Crippen molar-refractivity contribution in [2.24, 2.45) is 0 Å². The zero-order chi connectivity index (χ0) is 22.4. The number of rotatable bonds is 13. The summed E-state index contributed by atoms with van der Waals surface area (Å²) in [6.07, 6.45) is 17.0. The van der Waals surface area contributed by atoms with E-state index in [-0.39, 0.29) is 0 Å². The van der Waals surface area contributed by atoms with Gasteiger partial charge in [-0.3, -0.25) is 0 Å². The number of hydrogen-bond acceptors (Lipinski definition) is 0. The second-order valence-electron chi connectivity index (χ2n) is 8.48. The van der Waals surface area contributed by atoms with E-state index in [0.29, 0.717) is 0 Å². The Labute approximate surface area is 195 Å². The summed E-state index contributed by atoms with van der Waals surface area (Å²) in [6.45, 7) is 7.59. The van der Waals surface area contributed by atoms with Gasteiger partial charge in [0.05, 0.1) is 0 Å². The Morgan fingerprint density at radius 3 is 1.00 bits per heavy atom. The lowest BCUT2D eigenvalue weighted by Crippen LogP contribution is -1.93. The first-order valence-electron chi connectivity index (χ1n) is 11.9. The molecule has 0 atom stereocenters. The largest absolute Gasteiger partial charge is 0.103 e. The highest BCUT2D eigenvalue weighted by atomic mass is 14.0. The first kappa shape index (κ1) is 23.5. The molecule has 0 unspecified atom stereocenters. The highest BCUT2D eigenvalue weighted by Crippen LogP contribution is 2.13. The molecular weight excluding hydrogens is 384 g/mol. The zero-order valence-electron chi connectivity index (χ0n) is 19.3. The molecule has 0 N–H and O–H groups in total. The molecule has 32 heavy (non-hydrogen) atoms. The normalized spacial score (nSPS) is 11.0. The predicted octanol–water partition coefficient (Wildman–Crippen LogP) is 8.05. The first-order chi connectivity index (χ1) is 15.8. The fourth-order valence-corrected chi connectivity index (χ4v) is 3.82. The minimum absolute atomic E-state index is 0.990. The maximum absolute atomic E-state index is 3.80. The van der Waals surface area contributed by atoms with Crippen molar-refractivity contribution in [1.82, 2.24) is 0 Å². The summed E-state index contributed by atoms with van der Waals surface area (Å²) in [5.74, 6) is 0. The molecule has 0 amide bonds. The fraction of sp³-hybridized carbons (Fsp3) is 0.250. The predicted molar refractivity (Wildman–Crippen MR) is 140 cm³/mol. The number of benzene rings is 3. The van der Waals surface area contributed by atoms with E-state index in [4.69, 9.17) is 0 Å². The summed E-state index contributed by atoms with van der Waals surface area (Å²) in [5.41, 5.74) is 8.34. The van der Waals surface area contributed by atoms with Crippen molar-refractivity contribution in [3.8, 4) is 0 Å². The Bertz CT molecular complexity index is 970. The van der Waals surface area contributed by atoms with Crippen LogP contribution in [0, 0.1) is 0 Å². The SMILES string of the molecule is C=CCCc1ccc(C/C=C/Cc2ccc(CCc3ccc(CCC=C)cc3)cc2)cc1. The van der Waals surface area contributed by atoms with E-state index in [2.05, 4.69) is 98.1 Å². The van der Waals surface area contributed by atoms with Crippen LogP contribution in [-0.2, 0) is 38.5 Å². The summed E-state index contributed by atoms with van der Waals surface area (Å²) < 4.78 is 0. The summed E-state index contributed by atoms with van der Waals surface area (Å²) in [6, 6.07) is 27.1. The molecule has 0 bridgehead atoms. The minimum Gasteiger partial charge on any atom is -0.103 e. The summed E-state index contributed by atoms with van der Waals surface area (Å²) in [4.78, 5) is 0. The second kappa shape index (κ2) is 13.3. The van der Waals surface area contributed by atoms with E-state index >= 15 is 0 Å². The average molecular weight is 421 g/mol. The highest BCUT2D eigenvalue weighted by molar-refractivity contribution is 5.28. The van der Waals surface area contributed by atoms with Crippen molar-refractivity contribution in [3.63, 3.8) is 0 Å². The lowest BCUT2D eigenvalue weighted by Gasteiger charge is -2.05.